The molecule has 1 saturated carbocycles. The molecule has 2 aromatic rings. The average Bonchev–Trinajstić information content (AvgIpc) is 2.75. The first-order valence-electron chi connectivity index (χ1n) is 6.94. The number of thiazole rings is 1. The van der Waals surface area contributed by atoms with E-state index in [4.69, 9.17) is 11.6 Å². The average molecular weight is 295 g/mol. The Bertz CT molecular complexity index is 581. The number of rotatable bonds is 2. The van der Waals surface area contributed by atoms with E-state index in [1.165, 1.54) is 19.3 Å². The number of halogens is 1. The van der Waals surface area contributed by atoms with Crippen molar-refractivity contribution in [1.29, 1.82) is 0 Å². The molecule has 0 saturated heterocycles. The Kier molecular flexibility index (Phi) is 3.68. The zero-order chi connectivity index (χ0) is 13.4. The molecule has 4 heteroatoms. The number of nitrogens with zero attached hydrogens (tertiary/aromatic N) is 1. The van der Waals surface area contributed by atoms with Gasteiger partial charge in [0.05, 0.1) is 10.2 Å². The van der Waals surface area contributed by atoms with Crippen LogP contribution in [0.15, 0.2) is 18.2 Å². The maximum atomic E-state index is 6.01. The molecule has 1 aliphatic rings. The van der Waals surface area contributed by atoms with Crippen molar-refractivity contribution < 1.29 is 0 Å². The lowest BCUT2D eigenvalue weighted by atomic mass is 9.79. The Balaban J connectivity index is 1.74. The zero-order valence-electron chi connectivity index (χ0n) is 11.3. The summed E-state index contributed by atoms with van der Waals surface area (Å²) in [6.07, 6.45) is 3.82. The van der Waals surface area contributed by atoms with Gasteiger partial charge in [0.25, 0.3) is 0 Å². The van der Waals surface area contributed by atoms with Crippen molar-refractivity contribution in [2.45, 2.75) is 39.2 Å². The van der Waals surface area contributed by atoms with Crippen molar-refractivity contribution in [2.75, 3.05) is 5.32 Å². The highest BCUT2D eigenvalue weighted by Gasteiger charge is 2.24. The molecule has 0 spiro atoms. The van der Waals surface area contributed by atoms with Crippen LogP contribution in [0.25, 0.3) is 10.2 Å². The van der Waals surface area contributed by atoms with E-state index in [9.17, 15) is 0 Å². The molecule has 3 atom stereocenters. The molecule has 1 aromatic carbocycles. The Morgan fingerprint density at radius 1 is 1.26 bits per heavy atom. The molecule has 0 bridgehead atoms. The lowest BCUT2D eigenvalue weighted by molar-refractivity contribution is 0.261. The van der Waals surface area contributed by atoms with Crippen molar-refractivity contribution >= 4 is 38.3 Å². The minimum atomic E-state index is 0.572. The van der Waals surface area contributed by atoms with Crippen LogP contribution >= 0.6 is 22.9 Å². The van der Waals surface area contributed by atoms with Crippen molar-refractivity contribution in [3.8, 4) is 0 Å². The molecular weight excluding hydrogens is 276 g/mol. The molecule has 3 rings (SSSR count). The second kappa shape index (κ2) is 5.29. The van der Waals surface area contributed by atoms with Gasteiger partial charge in [-0.25, -0.2) is 4.98 Å². The number of fused-ring (bicyclic) bond motifs is 1. The molecule has 0 aliphatic heterocycles. The van der Waals surface area contributed by atoms with Gasteiger partial charge in [0.2, 0.25) is 0 Å². The number of hydrogen-bond acceptors (Lipinski definition) is 3. The first-order chi connectivity index (χ1) is 9.11. The molecule has 2 nitrogen and oxygen atoms in total. The van der Waals surface area contributed by atoms with Gasteiger partial charge in [-0.15, -0.1) is 0 Å². The highest BCUT2D eigenvalue weighted by atomic mass is 35.5. The van der Waals surface area contributed by atoms with Gasteiger partial charge >= 0.3 is 0 Å². The Morgan fingerprint density at radius 2 is 2.11 bits per heavy atom. The number of benzene rings is 1. The van der Waals surface area contributed by atoms with Gasteiger partial charge in [-0.3, -0.25) is 0 Å². The number of hydrogen-bond donors (Lipinski definition) is 1. The lowest BCUT2D eigenvalue weighted by Gasteiger charge is -2.32. The zero-order valence-corrected chi connectivity index (χ0v) is 12.9. The van der Waals surface area contributed by atoms with E-state index in [1.54, 1.807) is 11.3 Å². The highest BCUT2D eigenvalue weighted by Crippen LogP contribution is 2.33. The third-order valence-corrected chi connectivity index (χ3v) is 5.46. The fraction of sp³-hybridized carbons (Fsp3) is 0.533. The van der Waals surface area contributed by atoms with E-state index >= 15 is 0 Å². The van der Waals surface area contributed by atoms with Gasteiger partial charge in [0, 0.05) is 11.1 Å². The van der Waals surface area contributed by atoms with E-state index in [0.717, 1.165) is 32.2 Å². The molecule has 0 amide bonds. The first kappa shape index (κ1) is 13.2. The van der Waals surface area contributed by atoms with Crippen LogP contribution in [0.2, 0.25) is 5.02 Å². The quantitative estimate of drug-likeness (QED) is 0.825. The third-order valence-electron chi connectivity index (χ3n) is 4.28. The van der Waals surface area contributed by atoms with E-state index in [0.29, 0.717) is 6.04 Å². The van der Waals surface area contributed by atoms with E-state index in [-0.39, 0.29) is 0 Å². The standard InChI is InChI=1S/C15H19ClN2S/c1-9-3-5-12(7-10(9)2)17-15-18-13-6-4-11(16)8-14(13)19-15/h4,6,8-10,12H,3,5,7H2,1-2H3,(H,17,18). The van der Waals surface area contributed by atoms with Crippen LogP contribution in [-0.4, -0.2) is 11.0 Å². The molecule has 1 aliphatic carbocycles. The predicted octanol–water partition coefficient (Wildman–Crippen LogP) is 5.19. The maximum absolute atomic E-state index is 6.01. The summed E-state index contributed by atoms with van der Waals surface area (Å²) in [7, 11) is 0. The second-order valence-electron chi connectivity index (χ2n) is 5.74. The van der Waals surface area contributed by atoms with Crippen LogP contribution in [0.1, 0.15) is 33.1 Å². The molecule has 1 fully saturated rings. The van der Waals surface area contributed by atoms with Gasteiger partial charge < -0.3 is 5.32 Å². The SMILES string of the molecule is CC1CCC(Nc2nc3ccc(Cl)cc3s2)CC1C. The fourth-order valence-electron chi connectivity index (χ4n) is 2.81. The smallest absolute Gasteiger partial charge is 0.184 e. The van der Waals surface area contributed by atoms with Crippen LogP contribution < -0.4 is 5.32 Å². The van der Waals surface area contributed by atoms with Crippen molar-refractivity contribution in [3.05, 3.63) is 23.2 Å². The summed E-state index contributed by atoms with van der Waals surface area (Å²) in [5, 5.41) is 5.42. The van der Waals surface area contributed by atoms with Gasteiger partial charge in [-0.2, -0.15) is 0 Å². The summed E-state index contributed by atoms with van der Waals surface area (Å²) >= 11 is 7.71. The van der Waals surface area contributed by atoms with Crippen LogP contribution in [-0.2, 0) is 0 Å². The van der Waals surface area contributed by atoms with Crippen LogP contribution in [0.5, 0.6) is 0 Å². The summed E-state index contributed by atoms with van der Waals surface area (Å²) in [6, 6.07) is 6.45. The molecule has 0 radical (unpaired) electrons. The molecule has 102 valence electrons. The van der Waals surface area contributed by atoms with Crippen molar-refractivity contribution in [1.82, 2.24) is 4.98 Å². The monoisotopic (exact) mass is 294 g/mol. The molecule has 1 heterocycles. The predicted molar refractivity (Wildman–Crippen MR) is 84.2 cm³/mol. The number of aromatic nitrogens is 1. The third kappa shape index (κ3) is 2.87. The largest absolute Gasteiger partial charge is 0.359 e. The van der Waals surface area contributed by atoms with E-state index in [1.807, 2.05) is 18.2 Å². The van der Waals surface area contributed by atoms with E-state index < -0.39 is 0 Å². The number of nitrogens with one attached hydrogen (secondary N) is 1. The number of anilines is 1. The van der Waals surface area contributed by atoms with Crippen molar-refractivity contribution in [3.63, 3.8) is 0 Å². The van der Waals surface area contributed by atoms with E-state index in [2.05, 4.69) is 24.1 Å². The summed E-state index contributed by atoms with van der Waals surface area (Å²) in [5.41, 5.74) is 1.04. The minimum absolute atomic E-state index is 0.572. The Hall–Kier alpha value is -0.800. The minimum Gasteiger partial charge on any atom is -0.359 e. The van der Waals surface area contributed by atoms with Crippen molar-refractivity contribution in [2.24, 2.45) is 11.8 Å². The van der Waals surface area contributed by atoms with Gasteiger partial charge in [-0.1, -0.05) is 36.8 Å². The second-order valence-corrected chi connectivity index (χ2v) is 7.21. The van der Waals surface area contributed by atoms with Gasteiger partial charge in [0.15, 0.2) is 5.13 Å². The van der Waals surface area contributed by atoms with Gasteiger partial charge in [-0.05, 0) is 49.3 Å². The Morgan fingerprint density at radius 3 is 2.89 bits per heavy atom. The molecule has 1 aromatic heterocycles. The molecular formula is C15H19ClN2S. The Labute approximate surface area is 123 Å². The van der Waals surface area contributed by atoms with Crippen LogP contribution in [0.3, 0.4) is 0 Å². The van der Waals surface area contributed by atoms with Gasteiger partial charge in [0.1, 0.15) is 0 Å². The summed E-state index contributed by atoms with van der Waals surface area (Å²) < 4.78 is 1.16. The summed E-state index contributed by atoms with van der Waals surface area (Å²) in [6.45, 7) is 4.72. The van der Waals surface area contributed by atoms with Crippen LogP contribution in [0.4, 0.5) is 5.13 Å². The molecule has 3 unspecified atom stereocenters. The van der Waals surface area contributed by atoms with Crippen LogP contribution in [0, 0.1) is 11.8 Å². The highest BCUT2D eigenvalue weighted by molar-refractivity contribution is 7.22. The fourth-order valence-corrected chi connectivity index (χ4v) is 4.03. The summed E-state index contributed by atoms with van der Waals surface area (Å²) in [4.78, 5) is 4.64. The topological polar surface area (TPSA) is 24.9 Å². The molecule has 19 heavy (non-hydrogen) atoms. The first-order valence-corrected chi connectivity index (χ1v) is 8.14. The maximum Gasteiger partial charge on any atom is 0.184 e. The normalized spacial score (nSPS) is 27.6. The lowest BCUT2D eigenvalue weighted by Crippen LogP contribution is -2.30. The molecule has 1 N–H and O–H groups in total. The summed E-state index contributed by atoms with van der Waals surface area (Å²) in [5.74, 6) is 1.65.